The summed E-state index contributed by atoms with van der Waals surface area (Å²) in [6, 6.07) is 1.42. The molecule has 13 heavy (non-hydrogen) atoms. The average Bonchev–Trinajstić information content (AvgIpc) is 2.02. The number of carboxylic acids is 1. The van der Waals surface area contributed by atoms with Crippen LogP contribution in [0.3, 0.4) is 0 Å². The first-order valence-corrected chi connectivity index (χ1v) is 4.01. The van der Waals surface area contributed by atoms with E-state index in [-0.39, 0.29) is 10.9 Å². The van der Waals surface area contributed by atoms with E-state index >= 15 is 0 Å². The Labute approximate surface area is 84.1 Å². The fourth-order valence-electron chi connectivity index (χ4n) is 0.638. The van der Waals surface area contributed by atoms with Crippen LogP contribution in [0.25, 0.3) is 0 Å². The lowest BCUT2D eigenvalue weighted by molar-refractivity contribution is -0.139. The molecule has 1 N–H and O–H groups in total. The molecule has 0 aliphatic carbocycles. The molecule has 1 aromatic rings. The molecular weight excluding hydrogens is 217 g/mol. The number of hydrogen-bond acceptors (Lipinski definition) is 3. The third-order valence-corrected chi connectivity index (χ3v) is 1.58. The zero-order valence-corrected chi connectivity index (χ0v) is 7.84. The van der Waals surface area contributed by atoms with Crippen LogP contribution >= 0.6 is 23.2 Å². The van der Waals surface area contributed by atoms with Crippen LogP contribution in [-0.4, -0.2) is 22.7 Å². The zero-order valence-electron chi connectivity index (χ0n) is 6.33. The molecule has 0 aliphatic heterocycles. The molecular formula is C7H5Cl2NO3. The van der Waals surface area contributed by atoms with Gasteiger partial charge in [0.05, 0.1) is 5.02 Å². The maximum atomic E-state index is 10.1. The lowest BCUT2D eigenvalue weighted by Crippen LogP contribution is -2.10. The quantitative estimate of drug-likeness (QED) is 0.847. The van der Waals surface area contributed by atoms with Gasteiger partial charge in [0.25, 0.3) is 0 Å². The Morgan fingerprint density at radius 2 is 2.31 bits per heavy atom. The molecule has 70 valence electrons. The summed E-state index contributed by atoms with van der Waals surface area (Å²) >= 11 is 11.2. The summed E-state index contributed by atoms with van der Waals surface area (Å²) in [6.07, 6.45) is 1.32. The van der Waals surface area contributed by atoms with E-state index in [2.05, 4.69) is 4.98 Å². The van der Waals surface area contributed by atoms with Crippen molar-refractivity contribution >= 4 is 29.2 Å². The summed E-state index contributed by atoms with van der Waals surface area (Å²) in [4.78, 5) is 13.8. The molecule has 6 heteroatoms. The van der Waals surface area contributed by atoms with Crippen LogP contribution in [0, 0.1) is 0 Å². The number of aromatic nitrogens is 1. The molecule has 0 aromatic carbocycles. The van der Waals surface area contributed by atoms with Gasteiger partial charge in [0.1, 0.15) is 5.02 Å². The normalized spacial score (nSPS) is 9.69. The van der Waals surface area contributed by atoms with Gasteiger partial charge in [0.2, 0.25) is 5.88 Å². The number of pyridine rings is 1. The zero-order chi connectivity index (χ0) is 9.84. The number of carbonyl (C=O) groups is 1. The summed E-state index contributed by atoms with van der Waals surface area (Å²) < 4.78 is 4.75. The van der Waals surface area contributed by atoms with E-state index in [4.69, 9.17) is 33.0 Å². The predicted molar refractivity (Wildman–Crippen MR) is 47.4 cm³/mol. The maximum absolute atomic E-state index is 10.1. The number of aliphatic carboxylic acids is 1. The highest BCUT2D eigenvalue weighted by molar-refractivity contribution is 6.35. The highest BCUT2D eigenvalue weighted by Gasteiger charge is 2.05. The second-order valence-corrected chi connectivity index (χ2v) is 2.97. The number of halogens is 2. The third-order valence-electron chi connectivity index (χ3n) is 1.11. The van der Waals surface area contributed by atoms with Crippen LogP contribution in [0.15, 0.2) is 12.3 Å². The molecule has 0 bridgehead atoms. The molecule has 0 atom stereocenters. The van der Waals surface area contributed by atoms with Crippen LogP contribution in [0.2, 0.25) is 10.0 Å². The Morgan fingerprint density at radius 3 is 2.85 bits per heavy atom. The number of carboxylic acid groups (broad SMARTS) is 1. The minimum absolute atomic E-state index is 0.0634. The smallest absolute Gasteiger partial charge is 0.341 e. The van der Waals surface area contributed by atoms with Gasteiger partial charge in [0, 0.05) is 6.20 Å². The fourth-order valence-corrected chi connectivity index (χ4v) is 1.07. The predicted octanol–water partition coefficient (Wildman–Crippen LogP) is 1.85. The van der Waals surface area contributed by atoms with Crippen molar-refractivity contribution in [3.8, 4) is 5.88 Å². The highest BCUT2D eigenvalue weighted by Crippen LogP contribution is 2.24. The summed E-state index contributed by atoms with van der Waals surface area (Å²) in [7, 11) is 0. The largest absolute Gasteiger partial charge is 0.479 e. The van der Waals surface area contributed by atoms with Gasteiger partial charge in [-0.15, -0.1) is 0 Å². The first-order valence-electron chi connectivity index (χ1n) is 3.25. The second-order valence-electron chi connectivity index (χ2n) is 2.12. The number of hydrogen-bond donors (Lipinski definition) is 1. The maximum Gasteiger partial charge on any atom is 0.341 e. The van der Waals surface area contributed by atoms with Crippen molar-refractivity contribution in [3.05, 3.63) is 22.3 Å². The van der Waals surface area contributed by atoms with Gasteiger partial charge in [0.15, 0.2) is 6.61 Å². The molecule has 0 spiro atoms. The van der Waals surface area contributed by atoms with E-state index < -0.39 is 12.6 Å². The first-order chi connectivity index (χ1) is 6.09. The lowest BCUT2D eigenvalue weighted by atomic mass is 10.5. The van der Waals surface area contributed by atoms with Crippen LogP contribution < -0.4 is 4.74 Å². The summed E-state index contributed by atoms with van der Waals surface area (Å²) in [6.45, 7) is -0.478. The van der Waals surface area contributed by atoms with Crippen LogP contribution in [0.4, 0.5) is 0 Å². The molecule has 1 heterocycles. The average molecular weight is 222 g/mol. The van der Waals surface area contributed by atoms with Crippen LogP contribution in [0.1, 0.15) is 0 Å². The molecule has 0 saturated carbocycles. The second kappa shape index (κ2) is 4.30. The van der Waals surface area contributed by atoms with Gasteiger partial charge in [-0.3, -0.25) is 0 Å². The monoisotopic (exact) mass is 221 g/mol. The Kier molecular flexibility index (Phi) is 3.33. The van der Waals surface area contributed by atoms with Crippen LogP contribution in [0.5, 0.6) is 5.88 Å². The topological polar surface area (TPSA) is 59.4 Å². The fraction of sp³-hybridized carbons (Fsp3) is 0.143. The molecule has 4 nitrogen and oxygen atoms in total. The SMILES string of the molecule is O=C(O)COc1ncc(Cl)cc1Cl. The van der Waals surface area contributed by atoms with Gasteiger partial charge in [-0.05, 0) is 6.07 Å². The van der Waals surface area contributed by atoms with E-state index in [1.807, 2.05) is 0 Å². The van der Waals surface area contributed by atoms with Gasteiger partial charge in [-0.2, -0.15) is 0 Å². The molecule has 0 aliphatic rings. The summed E-state index contributed by atoms with van der Waals surface area (Å²) in [5.74, 6) is -1.03. The Balaban J connectivity index is 2.72. The molecule has 0 unspecified atom stereocenters. The van der Waals surface area contributed by atoms with Gasteiger partial charge in [-0.1, -0.05) is 23.2 Å². The highest BCUT2D eigenvalue weighted by atomic mass is 35.5. The molecule has 0 amide bonds. The molecule has 1 rings (SSSR count). The van der Waals surface area contributed by atoms with Crippen molar-refractivity contribution in [1.82, 2.24) is 4.98 Å². The van der Waals surface area contributed by atoms with E-state index in [0.29, 0.717) is 5.02 Å². The number of nitrogens with zero attached hydrogens (tertiary/aromatic N) is 1. The van der Waals surface area contributed by atoms with E-state index in [9.17, 15) is 4.79 Å². The third kappa shape index (κ3) is 3.08. The molecule has 0 saturated heterocycles. The standard InChI is InChI=1S/C7H5Cl2NO3/c8-4-1-5(9)7(10-2-4)13-3-6(11)12/h1-2H,3H2,(H,11,12). The minimum Gasteiger partial charge on any atom is -0.479 e. The molecule has 0 radical (unpaired) electrons. The Morgan fingerprint density at radius 1 is 1.62 bits per heavy atom. The summed E-state index contributed by atoms with van der Waals surface area (Å²) in [5.41, 5.74) is 0. The van der Waals surface area contributed by atoms with Gasteiger partial charge < -0.3 is 9.84 Å². The van der Waals surface area contributed by atoms with Crippen molar-refractivity contribution < 1.29 is 14.6 Å². The number of rotatable bonds is 3. The van der Waals surface area contributed by atoms with Crippen molar-refractivity contribution in [2.45, 2.75) is 0 Å². The summed E-state index contributed by atoms with van der Waals surface area (Å²) in [5, 5.41) is 8.86. The number of ether oxygens (including phenoxy) is 1. The minimum atomic E-state index is -1.09. The Bertz CT molecular complexity index is 330. The first kappa shape index (κ1) is 10.1. The van der Waals surface area contributed by atoms with Gasteiger partial charge in [-0.25, -0.2) is 9.78 Å². The van der Waals surface area contributed by atoms with Crippen LogP contribution in [-0.2, 0) is 4.79 Å². The van der Waals surface area contributed by atoms with Gasteiger partial charge >= 0.3 is 5.97 Å². The van der Waals surface area contributed by atoms with E-state index in [0.717, 1.165) is 0 Å². The van der Waals surface area contributed by atoms with Crippen molar-refractivity contribution in [3.63, 3.8) is 0 Å². The Hall–Kier alpha value is -1.000. The van der Waals surface area contributed by atoms with Crippen molar-refractivity contribution in [2.24, 2.45) is 0 Å². The molecule has 0 fully saturated rings. The molecule has 1 aromatic heterocycles. The van der Waals surface area contributed by atoms with Crippen molar-refractivity contribution in [2.75, 3.05) is 6.61 Å². The van der Waals surface area contributed by atoms with Crippen molar-refractivity contribution in [1.29, 1.82) is 0 Å². The lowest BCUT2D eigenvalue weighted by Gasteiger charge is -2.03. The van der Waals surface area contributed by atoms with E-state index in [1.165, 1.54) is 12.3 Å². The van der Waals surface area contributed by atoms with E-state index in [1.54, 1.807) is 0 Å².